The molecule has 1 amide bonds. The average molecular weight is 228 g/mol. The second kappa shape index (κ2) is 5.84. The number of aliphatic carboxylic acids is 1. The zero-order valence-corrected chi connectivity index (χ0v) is 9.69. The first-order chi connectivity index (χ1) is 7.56. The molecule has 1 unspecified atom stereocenters. The molecule has 0 radical (unpaired) electrons. The fourth-order valence-electron chi connectivity index (χ4n) is 2.13. The summed E-state index contributed by atoms with van der Waals surface area (Å²) in [5, 5.41) is 8.82. The lowest BCUT2D eigenvalue weighted by Gasteiger charge is -2.29. The van der Waals surface area contributed by atoms with Crippen LogP contribution in [0.2, 0.25) is 0 Å². The highest BCUT2D eigenvalue weighted by atomic mass is 16.4. The van der Waals surface area contributed by atoms with Crippen molar-refractivity contribution in [2.45, 2.75) is 38.6 Å². The number of rotatable bonds is 5. The molecule has 5 nitrogen and oxygen atoms in total. The van der Waals surface area contributed by atoms with Crippen LogP contribution in [0.3, 0.4) is 0 Å². The number of nitrogens with two attached hydrogens (primary N) is 1. The van der Waals surface area contributed by atoms with E-state index in [1.165, 1.54) is 4.90 Å². The molecule has 0 aromatic rings. The van der Waals surface area contributed by atoms with E-state index < -0.39 is 5.97 Å². The van der Waals surface area contributed by atoms with Crippen molar-refractivity contribution in [1.29, 1.82) is 0 Å². The first-order valence-electron chi connectivity index (χ1n) is 5.78. The molecule has 0 heterocycles. The Bertz CT molecular complexity index is 262. The number of carboxylic acids is 1. The molecule has 0 saturated heterocycles. The number of hydrogen-bond donors (Lipinski definition) is 2. The second-order valence-electron chi connectivity index (χ2n) is 4.43. The highest BCUT2D eigenvalue weighted by Gasteiger charge is 2.30. The second-order valence-corrected chi connectivity index (χ2v) is 4.43. The zero-order valence-electron chi connectivity index (χ0n) is 9.69. The van der Waals surface area contributed by atoms with Gasteiger partial charge in [-0.25, -0.2) is 0 Å². The van der Waals surface area contributed by atoms with Gasteiger partial charge >= 0.3 is 5.97 Å². The number of hydrogen-bond acceptors (Lipinski definition) is 3. The van der Waals surface area contributed by atoms with Crippen molar-refractivity contribution in [3.63, 3.8) is 0 Å². The van der Waals surface area contributed by atoms with Crippen LogP contribution in [0, 0.1) is 5.92 Å². The van der Waals surface area contributed by atoms with Gasteiger partial charge in [0, 0.05) is 18.5 Å². The number of nitrogens with zero attached hydrogens (tertiary/aromatic N) is 1. The molecule has 0 spiro atoms. The summed E-state index contributed by atoms with van der Waals surface area (Å²) < 4.78 is 0. The van der Waals surface area contributed by atoms with Crippen LogP contribution < -0.4 is 5.73 Å². The molecule has 16 heavy (non-hydrogen) atoms. The molecule has 1 fully saturated rings. The lowest BCUT2D eigenvalue weighted by atomic mass is 10.1. The molecular formula is C11H20N2O3. The van der Waals surface area contributed by atoms with Crippen molar-refractivity contribution in [2.24, 2.45) is 11.7 Å². The van der Waals surface area contributed by atoms with Crippen molar-refractivity contribution in [1.82, 2.24) is 4.90 Å². The Morgan fingerprint density at radius 3 is 2.44 bits per heavy atom. The molecule has 1 aliphatic carbocycles. The first-order valence-corrected chi connectivity index (χ1v) is 5.78. The van der Waals surface area contributed by atoms with Gasteiger partial charge in [0.2, 0.25) is 5.91 Å². The van der Waals surface area contributed by atoms with Crippen molar-refractivity contribution in [2.75, 3.05) is 13.1 Å². The predicted molar refractivity (Wildman–Crippen MR) is 59.8 cm³/mol. The summed E-state index contributed by atoms with van der Waals surface area (Å²) in [5.74, 6) is -1.37. The lowest BCUT2D eigenvalue weighted by Crippen LogP contribution is -2.46. The highest BCUT2D eigenvalue weighted by Crippen LogP contribution is 2.24. The third kappa shape index (κ3) is 3.20. The predicted octanol–water partition coefficient (Wildman–Crippen LogP) is 0.437. The van der Waals surface area contributed by atoms with Crippen molar-refractivity contribution < 1.29 is 14.7 Å². The van der Waals surface area contributed by atoms with Crippen molar-refractivity contribution in [3.05, 3.63) is 0 Å². The Morgan fingerprint density at radius 1 is 1.44 bits per heavy atom. The summed E-state index contributed by atoms with van der Waals surface area (Å²) >= 11 is 0. The topological polar surface area (TPSA) is 83.6 Å². The van der Waals surface area contributed by atoms with Gasteiger partial charge in [0.15, 0.2) is 0 Å². The Hall–Kier alpha value is -1.10. The Kier molecular flexibility index (Phi) is 4.73. The van der Waals surface area contributed by atoms with Crippen LogP contribution >= 0.6 is 0 Å². The summed E-state index contributed by atoms with van der Waals surface area (Å²) in [6.45, 7) is 1.81. The van der Waals surface area contributed by atoms with Crippen LogP contribution in [0.5, 0.6) is 0 Å². The summed E-state index contributed by atoms with van der Waals surface area (Å²) in [6.07, 6.45) is 3.97. The van der Waals surface area contributed by atoms with Gasteiger partial charge in [-0.05, 0) is 12.8 Å². The van der Waals surface area contributed by atoms with Crippen molar-refractivity contribution in [3.8, 4) is 0 Å². The van der Waals surface area contributed by atoms with Crippen LogP contribution in [0.25, 0.3) is 0 Å². The number of carboxylic acid groups (broad SMARTS) is 1. The minimum Gasteiger partial charge on any atom is -0.480 e. The highest BCUT2D eigenvalue weighted by molar-refractivity contribution is 5.83. The average Bonchev–Trinajstić information content (AvgIpc) is 2.76. The summed E-state index contributed by atoms with van der Waals surface area (Å²) in [5.41, 5.74) is 5.45. The third-order valence-corrected chi connectivity index (χ3v) is 3.13. The van der Waals surface area contributed by atoms with Crippen LogP contribution in [-0.2, 0) is 9.59 Å². The molecule has 5 heteroatoms. The molecule has 0 aromatic heterocycles. The van der Waals surface area contributed by atoms with Crippen LogP contribution in [0.4, 0.5) is 0 Å². The molecule has 1 atom stereocenters. The SMILES string of the molecule is CC(CN)C(=O)N(CC(=O)O)C1CCCC1. The molecular weight excluding hydrogens is 208 g/mol. The third-order valence-electron chi connectivity index (χ3n) is 3.13. The van der Waals surface area contributed by atoms with E-state index in [2.05, 4.69) is 0 Å². The quantitative estimate of drug-likeness (QED) is 0.715. The van der Waals surface area contributed by atoms with Crippen LogP contribution in [0.15, 0.2) is 0 Å². The van der Waals surface area contributed by atoms with Gasteiger partial charge in [0.1, 0.15) is 6.54 Å². The smallest absolute Gasteiger partial charge is 0.323 e. The fourth-order valence-corrected chi connectivity index (χ4v) is 2.13. The first kappa shape index (κ1) is 13.0. The molecule has 0 aliphatic heterocycles. The van der Waals surface area contributed by atoms with Crippen LogP contribution in [-0.4, -0.2) is 41.0 Å². The van der Waals surface area contributed by atoms with E-state index in [9.17, 15) is 9.59 Å². The molecule has 92 valence electrons. The molecule has 3 N–H and O–H groups in total. The maximum Gasteiger partial charge on any atom is 0.323 e. The van der Waals surface area contributed by atoms with Gasteiger partial charge in [-0.3, -0.25) is 9.59 Å². The van der Waals surface area contributed by atoms with E-state index in [0.717, 1.165) is 25.7 Å². The molecule has 1 rings (SSSR count). The van der Waals surface area contributed by atoms with Gasteiger partial charge in [-0.2, -0.15) is 0 Å². The molecule has 0 aromatic carbocycles. The molecule has 0 bridgehead atoms. The monoisotopic (exact) mass is 228 g/mol. The summed E-state index contributed by atoms with van der Waals surface area (Å²) in [7, 11) is 0. The number of carbonyl (C=O) groups is 2. The number of carbonyl (C=O) groups excluding carboxylic acids is 1. The van der Waals surface area contributed by atoms with Crippen molar-refractivity contribution >= 4 is 11.9 Å². The van der Waals surface area contributed by atoms with Gasteiger partial charge in [-0.15, -0.1) is 0 Å². The fraction of sp³-hybridized carbons (Fsp3) is 0.818. The van der Waals surface area contributed by atoms with Crippen LogP contribution in [0.1, 0.15) is 32.6 Å². The van der Waals surface area contributed by atoms with E-state index in [4.69, 9.17) is 10.8 Å². The zero-order chi connectivity index (χ0) is 12.1. The van der Waals surface area contributed by atoms with Gasteiger partial charge in [-0.1, -0.05) is 19.8 Å². The van der Waals surface area contributed by atoms with E-state index in [-0.39, 0.29) is 31.0 Å². The Balaban J connectivity index is 2.69. The maximum absolute atomic E-state index is 12.0. The van der Waals surface area contributed by atoms with E-state index in [1.54, 1.807) is 6.92 Å². The largest absolute Gasteiger partial charge is 0.480 e. The number of amides is 1. The standard InChI is InChI=1S/C11H20N2O3/c1-8(6-12)11(16)13(7-10(14)15)9-4-2-3-5-9/h8-9H,2-7,12H2,1H3,(H,14,15). The molecule has 1 saturated carbocycles. The minimum absolute atomic E-state index is 0.0950. The van der Waals surface area contributed by atoms with E-state index in [1.807, 2.05) is 0 Å². The van der Waals surface area contributed by atoms with Gasteiger partial charge < -0.3 is 15.7 Å². The summed E-state index contributed by atoms with van der Waals surface area (Å²) in [6, 6.07) is 0.0950. The summed E-state index contributed by atoms with van der Waals surface area (Å²) in [4.78, 5) is 24.2. The van der Waals surface area contributed by atoms with E-state index >= 15 is 0 Å². The van der Waals surface area contributed by atoms with Gasteiger partial charge in [0.05, 0.1) is 0 Å². The Morgan fingerprint density at radius 2 is 2.00 bits per heavy atom. The molecule has 1 aliphatic rings. The van der Waals surface area contributed by atoms with Gasteiger partial charge in [0.25, 0.3) is 0 Å². The Labute approximate surface area is 95.6 Å². The maximum atomic E-state index is 12.0. The normalized spacial score (nSPS) is 18.4. The lowest BCUT2D eigenvalue weighted by molar-refractivity contribution is -0.147. The minimum atomic E-state index is -0.954. The van der Waals surface area contributed by atoms with E-state index in [0.29, 0.717) is 0 Å².